The van der Waals surface area contributed by atoms with Crippen molar-refractivity contribution in [3.05, 3.63) is 42.4 Å². The van der Waals surface area contributed by atoms with E-state index in [9.17, 15) is 8.42 Å². The first kappa shape index (κ1) is 16.1. The van der Waals surface area contributed by atoms with Gasteiger partial charge in [0, 0.05) is 12.6 Å². The van der Waals surface area contributed by atoms with E-state index in [2.05, 4.69) is 19.9 Å². The van der Waals surface area contributed by atoms with E-state index < -0.39 is 10.0 Å². The molecule has 8 nitrogen and oxygen atoms in total. The van der Waals surface area contributed by atoms with Gasteiger partial charge in [0.1, 0.15) is 16.3 Å². The van der Waals surface area contributed by atoms with Crippen LogP contribution in [0.1, 0.15) is 12.8 Å². The minimum absolute atomic E-state index is 0.0552. The third-order valence-corrected chi connectivity index (χ3v) is 4.66. The van der Waals surface area contributed by atoms with Gasteiger partial charge in [0.05, 0.1) is 12.8 Å². The van der Waals surface area contributed by atoms with Crippen molar-refractivity contribution in [3.8, 4) is 17.3 Å². The summed E-state index contributed by atoms with van der Waals surface area (Å²) in [5.74, 6) is 1.16. The van der Waals surface area contributed by atoms with Crippen LogP contribution in [0.4, 0.5) is 5.69 Å². The molecule has 126 valence electrons. The maximum absolute atomic E-state index is 12.5. The lowest BCUT2D eigenvalue weighted by molar-refractivity contribution is 0.417. The molecule has 0 fully saturated rings. The number of nitrogens with zero attached hydrogens (tertiary/aromatic N) is 2. The molecule has 3 rings (SSSR count). The molecule has 1 aromatic carbocycles. The Balaban J connectivity index is 1.88. The minimum Gasteiger partial charge on any atom is -0.495 e. The number of sulfonamides is 1. The summed E-state index contributed by atoms with van der Waals surface area (Å²) < 4.78 is 38.1. The number of aromatic nitrogens is 3. The summed E-state index contributed by atoms with van der Waals surface area (Å²) in [5.41, 5.74) is 0.788. The Bertz CT molecular complexity index is 946. The van der Waals surface area contributed by atoms with Crippen LogP contribution in [0.15, 0.2) is 45.8 Å². The normalized spacial score (nSPS) is 11.4. The molecule has 3 aromatic rings. The summed E-state index contributed by atoms with van der Waals surface area (Å²) in [5, 5.41) is 7.74. The maximum atomic E-state index is 12.5. The van der Waals surface area contributed by atoms with Gasteiger partial charge in [-0.3, -0.25) is 4.72 Å². The molecule has 0 aliphatic heterocycles. The van der Waals surface area contributed by atoms with Crippen LogP contribution in [0.3, 0.4) is 0 Å². The summed E-state index contributed by atoms with van der Waals surface area (Å²) in [6, 6.07) is 8.20. The summed E-state index contributed by atoms with van der Waals surface area (Å²) in [4.78, 5) is 2.89. The fourth-order valence-corrected chi connectivity index (χ4v) is 3.15. The number of methoxy groups -OCH3 is 1. The summed E-state index contributed by atoms with van der Waals surface area (Å²) in [6.07, 6.45) is 1.97. The Labute approximate surface area is 138 Å². The number of para-hydroxylation sites is 2. The molecule has 0 saturated carbocycles. The second-order valence-corrected chi connectivity index (χ2v) is 6.59. The van der Waals surface area contributed by atoms with Gasteiger partial charge in [-0.1, -0.05) is 19.1 Å². The van der Waals surface area contributed by atoms with Gasteiger partial charge in [0.2, 0.25) is 5.89 Å². The number of ether oxygens (including phenoxy) is 1. The fourth-order valence-electron chi connectivity index (χ4n) is 2.09. The average molecular weight is 348 g/mol. The lowest BCUT2D eigenvalue weighted by Crippen LogP contribution is -2.12. The topological polar surface area (TPSA) is 110 Å². The summed E-state index contributed by atoms with van der Waals surface area (Å²) in [6.45, 7) is 1.89. The minimum atomic E-state index is -3.78. The van der Waals surface area contributed by atoms with Crippen LogP contribution in [-0.2, 0) is 16.4 Å². The van der Waals surface area contributed by atoms with Crippen LogP contribution < -0.4 is 9.46 Å². The van der Waals surface area contributed by atoms with E-state index in [-0.39, 0.29) is 10.8 Å². The molecule has 0 amide bonds. The zero-order chi connectivity index (χ0) is 17.2. The number of rotatable bonds is 6. The van der Waals surface area contributed by atoms with Gasteiger partial charge >= 0.3 is 0 Å². The smallest absolute Gasteiger partial charge is 0.264 e. The highest BCUT2D eigenvalue weighted by atomic mass is 32.2. The number of nitrogens with one attached hydrogen (secondary N) is 2. The Morgan fingerprint density at radius 2 is 2.08 bits per heavy atom. The van der Waals surface area contributed by atoms with Gasteiger partial charge in [-0.15, -0.1) is 10.2 Å². The quantitative estimate of drug-likeness (QED) is 0.708. The molecule has 0 bridgehead atoms. The second kappa shape index (κ2) is 6.36. The van der Waals surface area contributed by atoms with E-state index in [0.717, 1.165) is 0 Å². The van der Waals surface area contributed by atoms with E-state index in [0.29, 0.717) is 29.4 Å². The molecule has 0 spiro atoms. The number of hydrogen-bond acceptors (Lipinski definition) is 6. The maximum Gasteiger partial charge on any atom is 0.264 e. The molecular formula is C15H16N4O4S. The van der Waals surface area contributed by atoms with E-state index in [1.807, 2.05) is 6.92 Å². The molecule has 24 heavy (non-hydrogen) atoms. The second-order valence-electron chi connectivity index (χ2n) is 4.91. The standard InChI is InChI=1S/C15H16N4O4S/c1-3-14-17-18-15(23-14)12-8-10(9-16-12)24(20,21)19-11-6-4-5-7-13(11)22-2/h4-9,16,19H,3H2,1-2H3. The zero-order valence-corrected chi connectivity index (χ0v) is 13.9. The van der Waals surface area contributed by atoms with Crippen molar-refractivity contribution in [2.75, 3.05) is 11.8 Å². The molecule has 9 heteroatoms. The monoisotopic (exact) mass is 348 g/mol. The van der Waals surface area contributed by atoms with E-state index in [4.69, 9.17) is 9.15 Å². The third kappa shape index (κ3) is 3.11. The van der Waals surface area contributed by atoms with Crippen LogP contribution in [0.2, 0.25) is 0 Å². The van der Waals surface area contributed by atoms with Gasteiger partial charge < -0.3 is 14.1 Å². The molecule has 2 heterocycles. The highest BCUT2D eigenvalue weighted by Gasteiger charge is 2.20. The van der Waals surface area contributed by atoms with Crippen molar-refractivity contribution in [2.45, 2.75) is 18.2 Å². The SMILES string of the molecule is CCc1nnc(-c2cc(S(=O)(=O)Nc3ccccc3OC)c[nH]2)o1. The lowest BCUT2D eigenvalue weighted by Gasteiger charge is -2.10. The zero-order valence-electron chi connectivity index (χ0n) is 13.1. The van der Waals surface area contributed by atoms with Crippen molar-refractivity contribution >= 4 is 15.7 Å². The van der Waals surface area contributed by atoms with Crippen molar-refractivity contribution in [1.82, 2.24) is 15.2 Å². The van der Waals surface area contributed by atoms with Crippen LogP contribution in [-0.4, -0.2) is 30.7 Å². The predicted octanol–water partition coefficient (Wildman–Crippen LogP) is 2.44. The molecule has 2 N–H and O–H groups in total. The number of benzene rings is 1. The van der Waals surface area contributed by atoms with Crippen molar-refractivity contribution in [2.24, 2.45) is 0 Å². The van der Waals surface area contributed by atoms with Crippen molar-refractivity contribution in [3.63, 3.8) is 0 Å². The number of anilines is 1. The van der Waals surface area contributed by atoms with Crippen LogP contribution in [0, 0.1) is 0 Å². The molecule has 0 atom stereocenters. The average Bonchev–Trinajstić information content (AvgIpc) is 3.24. The van der Waals surface area contributed by atoms with Crippen LogP contribution >= 0.6 is 0 Å². The molecule has 0 aliphatic rings. The fraction of sp³-hybridized carbons (Fsp3) is 0.200. The Morgan fingerprint density at radius 3 is 2.79 bits per heavy atom. The largest absolute Gasteiger partial charge is 0.495 e. The third-order valence-electron chi connectivity index (χ3n) is 3.32. The van der Waals surface area contributed by atoms with Gasteiger partial charge in [0.15, 0.2) is 0 Å². The molecule has 0 saturated heterocycles. The first-order valence-corrected chi connectivity index (χ1v) is 8.69. The number of aromatic amines is 1. The van der Waals surface area contributed by atoms with Gasteiger partial charge in [0.25, 0.3) is 15.9 Å². The van der Waals surface area contributed by atoms with E-state index in [1.165, 1.54) is 19.4 Å². The Hall–Kier alpha value is -2.81. The molecule has 0 aliphatic carbocycles. The molecule has 0 radical (unpaired) electrons. The van der Waals surface area contributed by atoms with E-state index >= 15 is 0 Å². The predicted molar refractivity (Wildman–Crippen MR) is 87.3 cm³/mol. The Kier molecular flexibility index (Phi) is 4.26. The summed E-state index contributed by atoms with van der Waals surface area (Å²) >= 11 is 0. The first-order valence-electron chi connectivity index (χ1n) is 7.20. The van der Waals surface area contributed by atoms with Gasteiger partial charge in [-0.05, 0) is 18.2 Å². The number of aryl methyl sites for hydroxylation is 1. The van der Waals surface area contributed by atoms with Crippen molar-refractivity contribution < 1.29 is 17.6 Å². The highest BCUT2D eigenvalue weighted by molar-refractivity contribution is 7.92. The molecular weight excluding hydrogens is 332 g/mol. The van der Waals surface area contributed by atoms with Gasteiger partial charge in [-0.2, -0.15) is 0 Å². The molecule has 0 unspecified atom stereocenters. The summed E-state index contributed by atoms with van der Waals surface area (Å²) in [7, 11) is -2.31. The van der Waals surface area contributed by atoms with Crippen molar-refractivity contribution in [1.29, 1.82) is 0 Å². The number of hydrogen-bond donors (Lipinski definition) is 2. The van der Waals surface area contributed by atoms with Crippen LogP contribution in [0.25, 0.3) is 11.6 Å². The van der Waals surface area contributed by atoms with Crippen LogP contribution in [0.5, 0.6) is 5.75 Å². The Morgan fingerprint density at radius 1 is 1.29 bits per heavy atom. The lowest BCUT2D eigenvalue weighted by atomic mass is 10.3. The first-order chi connectivity index (χ1) is 11.5. The van der Waals surface area contributed by atoms with E-state index in [1.54, 1.807) is 24.3 Å². The number of H-pyrrole nitrogens is 1. The van der Waals surface area contributed by atoms with Gasteiger partial charge in [-0.25, -0.2) is 8.42 Å². The molecule has 2 aromatic heterocycles. The highest BCUT2D eigenvalue weighted by Crippen LogP contribution is 2.27.